The van der Waals surface area contributed by atoms with Gasteiger partial charge < -0.3 is 30.0 Å². The number of ether oxygens (including phenoxy) is 3. The van der Waals surface area contributed by atoms with E-state index in [1.165, 1.54) is 0 Å². The van der Waals surface area contributed by atoms with Crippen LogP contribution in [0.3, 0.4) is 0 Å². The number of hydrogen-bond donors (Lipinski definition) is 3. The van der Waals surface area contributed by atoms with Gasteiger partial charge in [0, 0.05) is 18.8 Å². The Hall–Kier alpha value is -5.31. The number of aliphatic carboxylic acids is 1. The topological polar surface area (TPSA) is 123 Å². The summed E-state index contributed by atoms with van der Waals surface area (Å²) in [6, 6.07) is 27.7. The molecule has 0 saturated heterocycles. The van der Waals surface area contributed by atoms with Crippen molar-refractivity contribution in [3.8, 4) is 22.6 Å². The molecule has 0 heterocycles. The molecule has 4 aromatic carbocycles. The first-order valence-corrected chi connectivity index (χ1v) is 14.3. The second-order valence-corrected chi connectivity index (χ2v) is 10.5. The normalized spacial score (nSPS) is 13.1. The molecule has 0 unspecified atom stereocenters. The van der Waals surface area contributed by atoms with Crippen molar-refractivity contribution in [1.82, 2.24) is 10.6 Å². The monoisotopic (exact) mass is 594 g/mol. The summed E-state index contributed by atoms with van der Waals surface area (Å²) in [5.41, 5.74) is 5.78. The maximum absolute atomic E-state index is 13.5. The predicted octanol–water partition coefficient (Wildman–Crippen LogP) is 4.97. The molecule has 1 aliphatic carbocycles. The zero-order chi connectivity index (χ0) is 31.1. The Kier molecular flexibility index (Phi) is 9.44. The summed E-state index contributed by atoms with van der Waals surface area (Å²) in [7, 11) is 3.10. The molecular formula is C35H34N2O7. The highest BCUT2D eigenvalue weighted by atomic mass is 16.5. The second kappa shape index (κ2) is 13.8. The molecule has 0 aliphatic heterocycles. The number of carboxylic acid groups (broad SMARTS) is 1. The standard InChI is InChI=1S/C35H34N2O7/c1-42-24-15-11-22(12-16-24)19-31(33(38)36-32(34(39)40)20-23-13-17-25(43-2)18-14-23)37-35(41)44-21-30-28-9-5-3-7-26(28)27-8-4-6-10-29(27)30/h3-18,30-32H,19-21H2,1-2H3,(H,36,38)(H,37,41)(H,39,40)/t31-,32-/m0/s1. The predicted molar refractivity (Wildman–Crippen MR) is 165 cm³/mol. The van der Waals surface area contributed by atoms with E-state index in [9.17, 15) is 19.5 Å². The van der Waals surface area contributed by atoms with Crippen molar-refractivity contribution < 1.29 is 33.7 Å². The van der Waals surface area contributed by atoms with E-state index >= 15 is 0 Å². The maximum atomic E-state index is 13.5. The van der Waals surface area contributed by atoms with Gasteiger partial charge in [0.25, 0.3) is 0 Å². The summed E-state index contributed by atoms with van der Waals surface area (Å²) in [5, 5.41) is 15.2. The van der Waals surface area contributed by atoms with Gasteiger partial charge in [-0.25, -0.2) is 9.59 Å². The van der Waals surface area contributed by atoms with Crippen molar-refractivity contribution in [2.75, 3.05) is 20.8 Å². The summed E-state index contributed by atoms with van der Waals surface area (Å²) in [6.45, 7) is 0.0754. The van der Waals surface area contributed by atoms with Crippen molar-refractivity contribution >= 4 is 18.0 Å². The van der Waals surface area contributed by atoms with Gasteiger partial charge in [0.1, 0.15) is 30.2 Å². The molecule has 0 aromatic heterocycles. The Morgan fingerprint density at radius 3 is 1.64 bits per heavy atom. The summed E-state index contributed by atoms with van der Waals surface area (Å²) in [6.07, 6.45) is -0.622. The Labute approximate surface area is 255 Å². The fourth-order valence-electron chi connectivity index (χ4n) is 5.46. The minimum atomic E-state index is -1.22. The molecule has 1 aliphatic rings. The van der Waals surface area contributed by atoms with Crippen LogP contribution >= 0.6 is 0 Å². The van der Waals surface area contributed by atoms with Gasteiger partial charge >= 0.3 is 12.1 Å². The molecule has 2 amide bonds. The Balaban J connectivity index is 1.30. The summed E-state index contributed by atoms with van der Waals surface area (Å²) in [4.78, 5) is 38.8. The number of methoxy groups -OCH3 is 2. The average Bonchev–Trinajstić information content (AvgIpc) is 3.37. The molecule has 9 nitrogen and oxygen atoms in total. The van der Waals surface area contributed by atoms with E-state index in [1.807, 2.05) is 48.5 Å². The fraction of sp³-hybridized carbons (Fsp3) is 0.229. The molecule has 0 bridgehead atoms. The van der Waals surface area contributed by atoms with Crippen LogP contribution in [0.25, 0.3) is 11.1 Å². The molecule has 0 radical (unpaired) electrons. The number of benzene rings is 4. The van der Waals surface area contributed by atoms with Crippen LogP contribution in [0.5, 0.6) is 11.5 Å². The minimum Gasteiger partial charge on any atom is -0.497 e. The van der Waals surface area contributed by atoms with Gasteiger partial charge in [-0.15, -0.1) is 0 Å². The Morgan fingerprint density at radius 1 is 0.682 bits per heavy atom. The largest absolute Gasteiger partial charge is 0.497 e. The number of rotatable bonds is 12. The molecule has 9 heteroatoms. The van der Waals surface area contributed by atoms with Crippen LogP contribution in [0.1, 0.15) is 28.2 Å². The number of carbonyl (C=O) groups excluding carboxylic acids is 2. The second-order valence-electron chi connectivity index (χ2n) is 10.5. The van der Waals surface area contributed by atoms with Crippen LogP contribution in [0, 0.1) is 0 Å². The number of nitrogens with one attached hydrogen (secondary N) is 2. The molecule has 0 spiro atoms. The molecule has 44 heavy (non-hydrogen) atoms. The first-order chi connectivity index (χ1) is 21.4. The molecule has 226 valence electrons. The first kappa shape index (κ1) is 30.2. The van der Waals surface area contributed by atoms with E-state index in [4.69, 9.17) is 14.2 Å². The van der Waals surface area contributed by atoms with Gasteiger partial charge in [0.15, 0.2) is 0 Å². The van der Waals surface area contributed by atoms with Crippen LogP contribution in [0.4, 0.5) is 4.79 Å². The lowest BCUT2D eigenvalue weighted by Crippen LogP contribution is -2.53. The maximum Gasteiger partial charge on any atom is 0.407 e. The van der Waals surface area contributed by atoms with Crippen LogP contribution in [-0.4, -0.2) is 56.0 Å². The van der Waals surface area contributed by atoms with Crippen LogP contribution in [0.2, 0.25) is 0 Å². The molecule has 2 atom stereocenters. The number of hydrogen-bond acceptors (Lipinski definition) is 6. The van der Waals surface area contributed by atoms with Gasteiger partial charge in [-0.3, -0.25) is 4.79 Å². The number of alkyl carbamates (subject to hydrolysis) is 1. The highest BCUT2D eigenvalue weighted by molar-refractivity contribution is 5.89. The van der Waals surface area contributed by atoms with Crippen molar-refractivity contribution in [2.45, 2.75) is 30.8 Å². The average molecular weight is 595 g/mol. The third-order valence-corrected chi connectivity index (χ3v) is 7.76. The third-order valence-electron chi connectivity index (χ3n) is 7.76. The summed E-state index contributed by atoms with van der Waals surface area (Å²) in [5.74, 6) is -0.710. The van der Waals surface area contributed by atoms with Gasteiger partial charge in [-0.05, 0) is 57.6 Å². The fourth-order valence-corrected chi connectivity index (χ4v) is 5.46. The molecular weight excluding hydrogens is 560 g/mol. The SMILES string of the molecule is COc1ccc(C[C@H](NC(=O)[C@H](Cc2ccc(OC)cc2)NC(=O)OCC2c3ccccc3-c3ccccc32)C(=O)O)cc1. The van der Waals surface area contributed by atoms with Crippen molar-refractivity contribution in [3.05, 3.63) is 119 Å². The van der Waals surface area contributed by atoms with Gasteiger partial charge in [-0.1, -0.05) is 72.8 Å². The van der Waals surface area contributed by atoms with E-state index in [1.54, 1.807) is 62.8 Å². The summed E-state index contributed by atoms with van der Waals surface area (Å²) < 4.78 is 16.1. The van der Waals surface area contributed by atoms with Crippen LogP contribution < -0.4 is 20.1 Å². The van der Waals surface area contributed by atoms with Crippen molar-refractivity contribution in [3.63, 3.8) is 0 Å². The lowest BCUT2D eigenvalue weighted by atomic mass is 9.98. The number of carboxylic acids is 1. The quantitative estimate of drug-likeness (QED) is 0.212. The number of fused-ring (bicyclic) bond motifs is 3. The number of carbonyl (C=O) groups is 3. The van der Waals surface area contributed by atoms with E-state index in [0.29, 0.717) is 17.1 Å². The molecule has 3 N–H and O–H groups in total. The molecule has 4 aromatic rings. The third kappa shape index (κ3) is 7.00. The highest BCUT2D eigenvalue weighted by Gasteiger charge is 2.31. The zero-order valence-electron chi connectivity index (χ0n) is 24.5. The zero-order valence-corrected chi connectivity index (χ0v) is 24.5. The van der Waals surface area contributed by atoms with Gasteiger partial charge in [-0.2, -0.15) is 0 Å². The van der Waals surface area contributed by atoms with Crippen LogP contribution in [-0.2, 0) is 27.2 Å². The molecule has 0 fully saturated rings. The summed E-state index contributed by atoms with van der Waals surface area (Å²) >= 11 is 0. The highest BCUT2D eigenvalue weighted by Crippen LogP contribution is 2.44. The van der Waals surface area contributed by atoms with Crippen molar-refractivity contribution in [2.24, 2.45) is 0 Å². The van der Waals surface area contributed by atoms with Gasteiger partial charge in [0.2, 0.25) is 5.91 Å². The van der Waals surface area contributed by atoms with Crippen molar-refractivity contribution in [1.29, 1.82) is 0 Å². The Bertz CT molecular complexity index is 1570. The Morgan fingerprint density at radius 2 is 1.16 bits per heavy atom. The lowest BCUT2D eigenvalue weighted by molar-refractivity contribution is -0.142. The molecule has 0 saturated carbocycles. The van der Waals surface area contributed by atoms with Gasteiger partial charge in [0.05, 0.1) is 14.2 Å². The van der Waals surface area contributed by atoms with Crippen LogP contribution in [0.15, 0.2) is 97.1 Å². The van der Waals surface area contributed by atoms with E-state index < -0.39 is 30.1 Å². The van der Waals surface area contributed by atoms with E-state index in [-0.39, 0.29) is 25.4 Å². The van der Waals surface area contributed by atoms with E-state index in [0.717, 1.165) is 27.8 Å². The van der Waals surface area contributed by atoms with E-state index in [2.05, 4.69) is 10.6 Å². The molecule has 5 rings (SSSR count). The first-order valence-electron chi connectivity index (χ1n) is 14.3. The lowest BCUT2D eigenvalue weighted by Gasteiger charge is -2.22. The smallest absolute Gasteiger partial charge is 0.407 e. The number of amides is 2. The minimum absolute atomic E-state index is 0.0469.